The molecule has 0 spiro atoms. The summed E-state index contributed by atoms with van der Waals surface area (Å²) in [7, 11) is -3.85. The zero-order chi connectivity index (χ0) is 25.0. The van der Waals surface area contributed by atoms with Gasteiger partial charge in [0.05, 0.1) is 16.5 Å². The van der Waals surface area contributed by atoms with Crippen molar-refractivity contribution in [2.75, 3.05) is 31.5 Å². The maximum Gasteiger partial charge on any atom is 0.244 e. The molecule has 4 rings (SSSR count). The fourth-order valence-corrected chi connectivity index (χ4v) is 6.56. The Morgan fingerprint density at radius 3 is 2.66 bits per heavy atom. The lowest BCUT2D eigenvalue weighted by atomic mass is 9.99. The Morgan fingerprint density at radius 2 is 1.83 bits per heavy atom. The number of nitrogens with zero attached hydrogens (tertiary/aromatic N) is 2. The average molecular weight is 556 g/mol. The van der Waals surface area contributed by atoms with Gasteiger partial charge in [-0.25, -0.2) is 8.42 Å². The summed E-state index contributed by atoms with van der Waals surface area (Å²) < 4.78 is 27.5. The smallest absolute Gasteiger partial charge is 0.244 e. The molecule has 1 aliphatic rings. The number of amides is 1. The van der Waals surface area contributed by atoms with Gasteiger partial charge in [0.15, 0.2) is 0 Å². The van der Waals surface area contributed by atoms with E-state index in [0.717, 1.165) is 16.6 Å². The number of aromatic nitrogens is 1. The van der Waals surface area contributed by atoms with Crippen molar-refractivity contribution in [2.24, 2.45) is 5.92 Å². The molecule has 0 aliphatic carbocycles. The van der Waals surface area contributed by atoms with Gasteiger partial charge < -0.3 is 10.6 Å². The summed E-state index contributed by atoms with van der Waals surface area (Å²) in [5, 5.41) is 8.32. The van der Waals surface area contributed by atoms with Crippen molar-refractivity contribution in [3.05, 3.63) is 63.7 Å². The molecule has 3 aromatic rings. The highest BCUT2D eigenvalue weighted by molar-refractivity contribution is 7.89. The molecule has 1 fully saturated rings. The third-order valence-electron chi connectivity index (χ3n) is 5.94. The predicted octanol–water partition coefficient (Wildman–Crippen LogP) is 5.21. The van der Waals surface area contributed by atoms with E-state index in [4.69, 9.17) is 34.8 Å². The third-order valence-corrected chi connectivity index (χ3v) is 8.76. The van der Waals surface area contributed by atoms with E-state index < -0.39 is 15.9 Å². The first kappa shape index (κ1) is 26.0. The molecule has 1 aromatic heterocycles. The number of anilines is 1. The second kappa shape index (κ2) is 11.3. The SMILES string of the molecule is O=C(NCCCNc1ccnc2cc(Cl)ccc12)[C@H]1CCCN(S(=O)(=O)c2cc(Cl)ccc2Cl)C1. The van der Waals surface area contributed by atoms with E-state index in [2.05, 4.69) is 15.6 Å². The number of benzene rings is 2. The van der Waals surface area contributed by atoms with Gasteiger partial charge in [-0.3, -0.25) is 9.78 Å². The van der Waals surface area contributed by atoms with Gasteiger partial charge in [-0.05, 0) is 61.7 Å². The van der Waals surface area contributed by atoms with Gasteiger partial charge in [0, 0.05) is 53.5 Å². The molecule has 2 aromatic carbocycles. The zero-order valence-corrected chi connectivity index (χ0v) is 21.9. The van der Waals surface area contributed by atoms with Crippen LogP contribution in [0.1, 0.15) is 19.3 Å². The molecule has 2 heterocycles. The number of sulfonamides is 1. The number of fused-ring (bicyclic) bond motifs is 1. The first-order chi connectivity index (χ1) is 16.8. The maximum atomic E-state index is 13.1. The largest absolute Gasteiger partial charge is 0.384 e. The molecule has 0 bridgehead atoms. The molecule has 0 saturated carbocycles. The van der Waals surface area contributed by atoms with Crippen molar-refractivity contribution in [1.82, 2.24) is 14.6 Å². The van der Waals surface area contributed by atoms with Gasteiger partial charge in [0.2, 0.25) is 15.9 Å². The number of carbonyl (C=O) groups excluding carboxylic acids is 1. The van der Waals surface area contributed by atoms with E-state index in [9.17, 15) is 13.2 Å². The van der Waals surface area contributed by atoms with Crippen LogP contribution in [0.5, 0.6) is 0 Å². The molecule has 0 radical (unpaired) electrons. The Hall–Kier alpha value is -2.10. The van der Waals surface area contributed by atoms with Gasteiger partial charge in [-0.15, -0.1) is 0 Å². The molecular weight excluding hydrogens is 531 g/mol. The van der Waals surface area contributed by atoms with Gasteiger partial charge >= 0.3 is 0 Å². The summed E-state index contributed by atoms with van der Waals surface area (Å²) in [6.07, 6.45) is 3.65. The maximum absolute atomic E-state index is 13.1. The summed E-state index contributed by atoms with van der Waals surface area (Å²) in [4.78, 5) is 17.0. The number of nitrogens with one attached hydrogen (secondary N) is 2. The minimum absolute atomic E-state index is 0.0373. The van der Waals surface area contributed by atoms with Crippen LogP contribution in [0.4, 0.5) is 5.69 Å². The summed E-state index contributed by atoms with van der Waals surface area (Å²) >= 11 is 18.1. The number of rotatable bonds is 8. The van der Waals surface area contributed by atoms with Crippen LogP contribution < -0.4 is 10.6 Å². The summed E-state index contributed by atoms with van der Waals surface area (Å²) in [6, 6.07) is 11.8. The van der Waals surface area contributed by atoms with Crippen LogP contribution >= 0.6 is 34.8 Å². The molecule has 35 heavy (non-hydrogen) atoms. The highest BCUT2D eigenvalue weighted by Crippen LogP contribution is 2.30. The van der Waals surface area contributed by atoms with E-state index in [1.807, 2.05) is 24.3 Å². The first-order valence-electron chi connectivity index (χ1n) is 11.3. The molecule has 7 nitrogen and oxygen atoms in total. The second-order valence-electron chi connectivity index (χ2n) is 8.37. The highest BCUT2D eigenvalue weighted by atomic mass is 35.5. The van der Waals surface area contributed by atoms with Crippen molar-refractivity contribution in [2.45, 2.75) is 24.2 Å². The zero-order valence-electron chi connectivity index (χ0n) is 18.8. The van der Waals surface area contributed by atoms with Crippen LogP contribution in [0.3, 0.4) is 0 Å². The summed E-state index contributed by atoms with van der Waals surface area (Å²) in [5.74, 6) is -0.565. The number of hydrogen-bond donors (Lipinski definition) is 2. The first-order valence-corrected chi connectivity index (χ1v) is 13.8. The molecular formula is C24H25Cl3N4O3S. The normalized spacial score (nSPS) is 16.8. The number of halogens is 3. The average Bonchev–Trinajstić information content (AvgIpc) is 2.85. The summed E-state index contributed by atoms with van der Waals surface area (Å²) in [5.41, 5.74) is 1.76. The molecule has 2 N–H and O–H groups in total. The molecule has 1 atom stereocenters. The molecule has 1 amide bonds. The topological polar surface area (TPSA) is 91.4 Å². The van der Waals surface area contributed by atoms with E-state index in [0.29, 0.717) is 43.9 Å². The van der Waals surface area contributed by atoms with Crippen LogP contribution in [-0.4, -0.2) is 49.8 Å². The van der Waals surface area contributed by atoms with Gasteiger partial charge in [-0.1, -0.05) is 34.8 Å². The van der Waals surface area contributed by atoms with Crippen LogP contribution in [-0.2, 0) is 14.8 Å². The lowest BCUT2D eigenvalue weighted by Gasteiger charge is -2.31. The Morgan fingerprint density at radius 1 is 1.06 bits per heavy atom. The second-order valence-corrected chi connectivity index (χ2v) is 11.6. The Kier molecular flexibility index (Phi) is 8.39. The minimum Gasteiger partial charge on any atom is -0.384 e. The van der Waals surface area contributed by atoms with E-state index in [1.165, 1.54) is 22.5 Å². The molecule has 11 heteroatoms. The number of pyridine rings is 1. The van der Waals surface area contributed by atoms with E-state index >= 15 is 0 Å². The Bertz CT molecular complexity index is 1340. The van der Waals surface area contributed by atoms with Crippen LogP contribution in [0, 0.1) is 5.92 Å². The van der Waals surface area contributed by atoms with Gasteiger partial charge in [0.1, 0.15) is 4.90 Å². The number of hydrogen-bond acceptors (Lipinski definition) is 5. The van der Waals surface area contributed by atoms with Crippen molar-refractivity contribution in [3.63, 3.8) is 0 Å². The molecule has 1 saturated heterocycles. The van der Waals surface area contributed by atoms with Gasteiger partial charge in [-0.2, -0.15) is 4.31 Å². The number of piperidine rings is 1. The van der Waals surface area contributed by atoms with Crippen molar-refractivity contribution >= 4 is 67.3 Å². The lowest BCUT2D eigenvalue weighted by Crippen LogP contribution is -2.45. The van der Waals surface area contributed by atoms with E-state index in [1.54, 1.807) is 6.20 Å². The van der Waals surface area contributed by atoms with E-state index in [-0.39, 0.29) is 27.4 Å². The monoisotopic (exact) mass is 554 g/mol. The standard InChI is InChI=1S/C24H25Cl3N4O3S/c25-17-4-6-19-21(8-11-29-22(19)13-17)28-9-2-10-30-24(32)16-3-1-12-31(15-16)35(33,34)23-14-18(26)5-7-20(23)27/h4-8,11,13-14,16H,1-3,9-10,12,15H2,(H,28,29)(H,30,32)/t16-/m0/s1. The van der Waals surface area contributed by atoms with Crippen molar-refractivity contribution < 1.29 is 13.2 Å². The Labute approximate surface area is 219 Å². The fourth-order valence-electron chi connectivity index (χ4n) is 4.13. The number of carbonyl (C=O) groups is 1. The Balaban J connectivity index is 1.28. The van der Waals surface area contributed by atoms with Crippen molar-refractivity contribution in [3.8, 4) is 0 Å². The van der Waals surface area contributed by atoms with Crippen LogP contribution in [0.15, 0.2) is 53.6 Å². The molecule has 1 aliphatic heterocycles. The van der Waals surface area contributed by atoms with Gasteiger partial charge in [0.25, 0.3) is 0 Å². The fraction of sp³-hybridized carbons (Fsp3) is 0.333. The molecule has 186 valence electrons. The van der Waals surface area contributed by atoms with Crippen LogP contribution in [0.2, 0.25) is 15.1 Å². The molecule has 0 unspecified atom stereocenters. The highest BCUT2D eigenvalue weighted by Gasteiger charge is 2.34. The predicted molar refractivity (Wildman–Crippen MR) is 141 cm³/mol. The quantitative estimate of drug-likeness (QED) is 0.372. The lowest BCUT2D eigenvalue weighted by molar-refractivity contribution is -0.126. The summed E-state index contributed by atoms with van der Waals surface area (Å²) in [6.45, 7) is 1.58. The minimum atomic E-state index is -3.85. The van der Waals surface area contributed by atoms with Crippen molar-refractivity contribution in [1.29, 1.82) is 0 Å². The third kappa shape index (κ3) is 6.19. The van der Waals surface area contributed by atoms with Crippen LogP contribution in [0.25, 0.3) is 10.9 Å².